The van der Waals surface area contributed by atoms with Crippen molar-refractivity contribution < 1.29 is 0 Å². The molecule has 0 saturated carbocycles. The standard InChI is InChI=1S/C20H31ClN6/c1-2-22-20(23-13-19-15-25-8-10-26(19)11-9-25)24-17-6-7-27(14-17)18-5-3-4-16(21)12-18/h3-5,12,17,19H,2,6-11,13-15H2,1H3,(H2,22,23,24). The van der Waals surface area contributed by atoms with E-state index in [4.69, 9.17) is 16.6 Å². The van der Waals surface area contributed by atoms with E-state index in [1.54, 1.807) is 0 Å². The van der Waals surface area contributed by atoms with Crippen LogP contribution in [0.1, 0.15) is 13.3 Å². The molecular weight excluding hydrogens is 360 g/mol. The predicted octanol–water partition coefficient (Wildman–Crippen LogP) is 1.47. The summed E-state index contributed by atoms with van der Waals surface area (Å²) >= 11 is 6.15. The Bertz CT molecular complexity index is 658. The highest BCUT2D eigenvalue weighted by Crippen LogP contribution is 2.23. The summed E-state index contributed by atoms with van der Waals surface area (Å²) in [5.74, 6) is 0.952. The molecule has 0 spiro atoms. The lowest BCUT2D eigenvalue weighted by Crippen LogP contribution is -2.62. The summed E-state index contributed by atoms with van der Waals surface area (Å²) in [5, 5.41) is 7.87. The first-order valence-corrected chi connectivity index (χ1v) is 10.6. The second-order valence-electron chi connectivity index (χ2n) is 7.77. The number of anilines is 1. The Kier molecular flexibility index (Phi) is 6.05. The molecule has 0 aliphatic carbocycles. The Hall–Kier alpha value is -1.50. The van der Waals surface area contributed by atoms with E-state index in [0.29, 0.717) is 12.1 Å². The van der Waals surface area contributed by atoms with Crippen molar-refractivity contribution in [3.05, 3.63) is 29.3 Å². The molecule has 4 saturated heterocycles. The molecule has 1 aromatic carbocycles. The van der Waals surface area contributed by atoms with Gasteiger partial charge in [0.1, 0.15) is 0 Å². The average molecular weight is 391 g/mol. The number of benzene rings is 1. The molecule has 4 aliphatic heterocycles. The van der Waals surface area contributed by atoms with Gasteiger partial charge in [-0.05, 0) is 31.5 Å². The van der Waals surface area contributed by atoms with Crippen LogP contribution in [0.5, 0.6) is 0 Å². The van der Waals surface area contributed by atoms with Crippen LogP contribution in [0.4, 0.5) is 5.69 Å². The summed E-state index contributed by atoms with van der Waals surface area (Å²) in [6, 6.07) is 9.11. The van der Waals surface area contributed by atoms with Crippen molar-refractivity contribution in [1.82, 2.24) is 20.4 Å². The molecule has 5 rings (SSSR count). The Morgan fingerprint density at radius 3 is 2.74 bits per heavy atom. The molecule has 0 amide bonds. The van der Waals surface area contributed by atoms with Gasteiger partial charge in [0, 0.05) is 75.2 Å². The maximum atomic E-state index is 6.15. The van der Waals surface area contributed by atoms with Crippen molar-refractivity contribution >= 4 is 23.2 Å². The number of fused-ring (bicyclic) bond motifs is 3. The first-order chi connectivity index (χ1) is 13.2. The van der Waals surface area contributed by atoms with Gasteiger partial charge in [-0.3, -0.25) is 14.8 Å². The fourth-order valence-corrected chi connectivity index (χ4v) is 4.58. The number of aliphatic imine (C=N–C) groups is 1. The predicted molar refractivity (Wildman–Crippen MR) is 113 cm³/mol. The van der Waals surface area contributed by atoms with Crippen molar-refractivity contribution in [3.63, 3.8) is 0 Å². The Morgan fingerprint density at radius 2 is 2.04 bits per heavy atom. The second-order valence-corrected chi connectivity index (χ2v) is 8.20. The van der Waals surface area contributed by atoms with E-state index >= 15 is 0 Å². The minimum absolute atomic E-state index is 0.411. The second kappa shape index (κ2) is 8.67. The molecule has 4 fully saturated rings. The fourth-order valence-electron chi connectivity index (χ4n) is 4.39. The Labute approximate surface area is 167 Å². The van der Waals surface area contributed by atoms with Crippen LogP contribution >= 0.6 is 11.6 Å². The largest absolute Gasteiger partial charge is 0.369 e. The highest BCUT2D eigenvalue weighted by Gasteiger charge is 2.31. The minimum Gasteiger partial charge on any atom is -0.369 e. The van der Waals surface area contributed by atoms with Gasteiger partial charge < -0.3 is 15.5 Å². The molecule has 27 heavy (non-hydrogen) atoms. The monoisotopic (exact) mass is 390 g/mol. The molecule has 2 bridgehead atoms. The molecule has 2 atom stereocenters. The molecule has 4 heterocycles. The number of piperazine rings is 3. The smallest absolute Gasteiger partial charge is 0.191 e. The maximum Gasteiger partial charge on any atom is 0.191 e. The first kappa shape index (κ1) is 18.8. The molecule has 7 heteroatoms. The van der Waals surface area contributed by atoms with Crippen LogP contribution in [0.25, 0.3) is 0 Å². The summed E-state index contributed by atoms with van der Waals surface area (Å²) in [5.41, 5.74) is 1.20. The van der Waals surface area contributed by atoms with E-state index in [9.17, 15) is 0 Å². The molecular formula is C20H31ClN6. The zero-order chi connectivity index (χ0) is 18.6. The van der Waals surface area contributed by atoms with Gasteiger partial charge in [-0.15, -0.1) is 0 Å². The zero-order valence-electron chi connectivity index (χ0n) is 16.2. The number of halogens is 1. The maximum absolute atomic E-state index is 6.15. The summed E-state index contributed by atoms with van der Waals surface area (Å²) in [6.45, 7) is 11.9. The Balaban J connectivity index is 1.33. The number of hydrogen-bond donors (Lipinski definition) is 2. The fraction of sp³-hybridized carbons (Fsp3) is 0.650. The van der Waals surface area contributed by atoms with Gasteiger partial charge in [-0.2, -0.15) is 0 Å². The third kappa shape index (κ3) is 4.68. The summed E-state index contributed by atoms with van der Waals surface area (Å²) in [7, 11) is 0. The van der Waals surface area contributed by atoms with Gasteiger partial charge in [0.05, 0.1) is 6.54 Å². The van der Waals surface area contributed by atoms with Crippen LogP contribution in [0, 0.1) is 0 Å². The topological polar surface area (TPSA) is 46.1 Å². The average Bonchev–Trinajstić information content (AvgIpc) is 3.16. The third-order valence-corrected chi connectivity index (χ3v) is 6.13. The number of hydrogen-bond acceptors (Lipinski definition) is 4. The quantitative estimate of drug-likeness (QED) is 0.589. The highest BCUT2D eigenvalue weighted by molar-refractivity contribution is 6.30. The van der Waals surface area contributed by atoms with Crippen LogP contribution < -0.4 is 15.5 Å². The van der Waals surface area contributed by atoms with Gasteiger partial charge in [-0.1, -0.05) is 17.7 Å². The lowest BCUT2D eigenvalue weighted by atomic mass is 10.1. The van der Waals surface area contributed by atoms with Gasteiger partial charge in [0.25, 0.3) is 0 Å². The van der Waals surface area contributed by atoms with E-state index in [1.807, 2.05) is 18.2 Å². The molecule has 6 nitrogen and oxygen atoms in total. The highest BCUT2D eigenvalue weighted by atomic mass is 35.5. The van der Waals surface area contributed by atoms with Crippen LogP contribution in [-0.2, 0) is 0 Å². The van der Waals surface area contributed by atoms with Crippen molar-refractivity contribution in [3.8, 4) is 0 Å². The van der Waals surface area contributed by atoms with Gasteiger partial charge in [0.2, 0.25) is 0 Å². The van der Waals surface area contributed by atoms with Gasteiger partial charge in [-0.25, -0.2) is 0 Å². The van der Waals surface area contributed by atoms with Crippen LogP contribution in [0.3, 0.4) is 0 Å². The lowest BCUT2D eigenvalue weighted by Gasteiger charge is -2.47. The first-order valence-electron chi connectivity index (χ1n) is 10.2. The van der Waals surface area contributed by atoms with E-state index in [0.717, 1.165) is 50.1 Å². The molecule has 1 aromatic rings. The number of nitrogens with one attached hydrogen (secondary N) is 2. The third-order valence-electron chi connectivity index (χ3n) is 5.90. The zero-order valence-corrected chi connectivity index (χ0v) is 17.0. The van der Waals surface area contributed by atoms with Crippen molar-refractivity contribution in [2.45, 2.75) is 25.4 Å². The molecule has 0 aromatic heterocycles. The molecule has 2 N–H and O–H groups in total. The van der Waals surface area contributed by atoms with E-state index in [1.165, 1.54) is 31.9 Å². The van der Waals surface area contributed by atoms with E-state index in [2.05, 4.69) is 38.3 Å². The summed E-state index contributed by atoms with van der Waals surface area (Å²) in [6.07, 6.45) is 1.11. The minimum atomic E-state index is 0.411. The van der Waals surface area contributed by atoms with E-state index in [-0.39, 0.29) is 0 Å². The SMILES string of the molecule is CCNC(=NCC1CN2CCN1CC2)NC1CCN(c2cccc(Cl)c2)C1. The molecule has 148 valence electrons. The van der Waals surface area contributed by atoms with Crippen molar-refractivity contribution in [2.75, 3.05) is 63.8 Å². The molecule has 4 aliphatic rings. The van der Waals surface area contributed by atoms with Gasteiger partial charge in [0.15, 0.2) is 5.96 Å². The molecule has 0 radical (unpaired) electrons. The van der Waals surface area contributed by atoms with Crippen LogP contribution in [-0.4, -0.2) is 86.7 Å². The van der Waals surface area contributed by atoms with E-state index < -0.39 is 0 Å². The Morgan fingerprint density at radius 1 is 1.19 bits per heavy atom. The summed E-state index contributed by atoms with van der Waals surface area (Å²) < 4.78 is 0. The van der Waals surface area contributed by atoms with Crippen LogP contribution in [0.15, 0.2) is 29.3 Å². The lowest BCUT2D eigenvalue weighted by molar-refractivity contribution is 0.0174. The normalized spacial score (nSPS) is 30.6. The van der Waals surface area contributed by atoms with Crippen LogP contribution in [0.2, 0.25) is 5.02 Å². The van der Waals surface area contributed by atoms with Crippen molar-refractivity contribution in [2.24, 2.45) is 4.99 Å². The van der Waals surface area contributed by atoms with Gasteiger partial charge >= 0.3 is 0 Å². The van der Waals surface area contributed by atoms with Crippen molar-refractivity contribution in [1.29, 1.82) is 0 Å². The summed E-state index contributed by atoms with van der Waals surface area (Å²) in [4.78, 5) is 12.5. The number of rotatable bonds is 5. The number of guanidine groups is 1. The number of nitrogens with zero attached hydrogens (tertiary/aromatic N) is 4. The molecule has 2 unspecified atom stereocenters.